The number of carbonyl (C=O) groups is 1. The highest BCUT2D eigenvalue weighted by molar-refractivity contribution is 5.98. The molecule has 2 aromatic carbocycles. The minimum absolute atomic E-state index is 0.0489. The standard InChI is InChI=1S/C19H19F2NO3/c1-24-17-5-3-4-15(18(17)25-2)19(23)22(14-8-9-14)11-12-6-7-13(20)10-16(12)21/h3-7,10,14H,8-9,11H2,1-2H3. The summed E-state index contributed by atoms with van der Waals surface area (Å²) in [6, 6.07) is 8.51. The second-order valence-corrected chi connectivity index (χ2v) is 5.94. The number of carbonyl (C=O) groups excluding carboxylic acids is 1. The van der Waals surface area contributed by atoms with E-state index < -0.39 is 11.6 Å². The number of rotatable bonds is 6. The van der Waals surface area contributed by atoms with Gasteiger partial charge in [-0.2, -0.15) is 0 Å². The molecule has 1 fully saturated rings. The van der Waals surface area contributed by atoms with Crippen LogP contribution in [-0.4, -0.2) is 31.1 Å². The highest BCUT2D eigenvalue weighted by atomic mass is 19.1. The van der Waals surface area contributed by atoms with Crippen molar-refractivity contribution in [1.29, 1.82) is 0 Å². The first-order valence-electron chi connectivity index (χ1n) is 8.01. The highest BCUT2D eigenvalue weighted by Gasteiger charge is 2.35. The van der Waals surface area contributed by atoms with E-state index in [1.54, 1.807) is 23.1 Å². The van der Waals surface area contributed by atoms with Crippen LogP contribution in [0.3, 0.4) is 0 Å². The summed E-state index contributed by atoms with van der Waals surface area (Å²) in [7, 11) is 2.97. The first-order chi connectivity index (χ1) is 12.0. The summed E-state index contributed by atoms with van der Waals surface area (Å²) in [4.78, 5) is 14.7. The van der Waals surface area contributed by atoms with Crippen LogP contribution >= 0.6 is 0 Å². The van der Waals surface area contributed by atoms with Gasteiger partial charge in [-0.25, -0.2) is 8.78 Å². The van der Waals surface area contributed by atoms with Gasteiger partial charge in [0.05, 0.1) is 19.8 Å². The Bertz CT molecular complexity index is 790. The van der Waals surface area contributed by atoms with E-state index in [0.29, 0.717) is 17.1 Å². The molecule has 0 unspecified atom stereocenters. The van der Waals surface area contributed by atoms with E-state index >= 15 is 0 Å². The fraction of sp³-hybridized carbons (Fsp3) is 0.316. The van der Waals surface area contributed by atoms with Crippen LogP contribution < -0.4 is 9.47 Å². The van der Waals surface area contributed by atoms with Crippen molar-refractivity contribution >= 4 is 5.91 Å². The normalized spacial score (nSPS) is 13.4. The van der Waals surface area contributed by atoms with Crippen molar-refractivity contribution in [2.75, 3.05) is 14.2 Å². The van der Waals surface area contributed by atoms with Crippen molar-refractivity contribution in [2.45, 2.75) is 25.4 Å². The van der Waals surface area contributed by atoms with Gasteiger partial charge < -0.3 is 14.4 Å². The first kappa shape index (κ1) is 17.2. The zero-order valence-electron chi connectivity index (χ0n) is 14.1. The monoisotopic (exact) mass is 347 g/mol. The van der Waals surface area contributed by atoms with Gasteiger partial charge in [-0.15, -0.1) is 0 Å². The third-order valence-corrected chi connectivity index (χ3v) is 4.24. The molecule has 0 bridgehead atoms. The predicted molar refractivity (Wildman–Crippen MR) is 88.8 cm³/mol. The van der Waals surface area contributed by atoms with Crippen LogP contribution in [0.2, 0.25) is 0 Å². The zero-order valence-corrected chi connectivity index (χ0v) is 14.1. The molecule has 4 nitrogen and oxygen atoms in total. The molecule has 25 heavy (non-hydrogen) atoms. The molecule has 1 amide bonds. The fourth-order valence-electron chi connectivity index (χ4n) is 2.80. The SMILES string of the molecule is COc1cccc(C(=O)N(Cc2ccc(F)cc2F)C2CC2)c1OC. The van der Waals surface area contributed by atoms with Gasteiger partial charge in [-0.3, -0.25) is 4.79 Å². The summed E-state index contributed by atoms with van der Waals surface area (Å²) >= 11 is 0. The van der Waals surface area contributed by atoms with Crippen LogP contribution in [0.15, 0.2) is 36.4 Å². The maximum absolute atomic E-state index is 14.0. The molecule has 0 radical (unpaired) electrons. The molecular weight excluding hydrogens is 328 g/mol. The van der Waals surface area contributed by atoms with Gasteiger partial charge in [-0.1, -0.05) is 12.1 Å². The smallest absolute Gasteiger partial charge is 0.258 e. The lowest BCUT2D eigenvalue weighted by Crippen LogP contribution is -2.33. The van der Waals surface area contributed by atoms with Crippen LogP contribution in [0, 0.1) is 11.6 Å². The lowest BCUT2D eigenvalue weighted by atomic mass is 10.1. The average molecular weight is 347 g/mol. The summed E-state index contributed by atoms with van der Waals surface area (Å²) in [6.07, 6.45) is 1.72. The maximum Gasteiger partial charge on any atom is 0.258 e. The molecule has 6 heteroatoms. The lowest BCUT2D eigenvalue weighted by molar-refractivity contribution is 0.0724. The van der Waals surface area contributed by atoms with E-state index in [0.717, 1.165) is 18.9 Å². The number of methoxy groups -OCH3 is 2. The molecule has 1 saturated carbocycles. The summed E-state index contributed by atoms with van der Waals surface area (Å²) < 4.78 is 37.7. The predicted octanol–water partition coefficient (Wildman–Crippen LogP) is 3.79. The molecule has 3 rings (SSSR count). The Hall–Kier alpha value is -2.63. The topological polar surface area (TPSA) is 38.8 Å². The molecule has 1 aliphatic rings. The van der Waals surface area contributed by atoms with Crippen molar-refractivity contribution in [1.82, 2.24) is 4.90 Å². The van der Waals surface area contributed by atoms with Crippen molar-refractivity contribution in [3.8, 4) is 11.5 Å². The molecule has 0 saturated heterocycles. The lowest BCUT2D eigenvalue weighted by Gasteiger charge is -2.24. The molecule has 0 N–H and O–H groups in total. The zero-order chi connectivity index (χ0) is 18.0. The number of hydrogen-bond donors (Lipinski definition) is 0. The fourth-order valence-corrected chi connectivity index (χ4v) is 2.80. The van der Waals surface area contributed by atoms with E-state index in [1.165, 1.54) is 26.4 Å². The molecular formula is C19H19F2NO3. The minimum atomic E-state index is -0.656. The maximum atomic E-state index is 14.0. The second kappa shape index (κ2) is 7.09. The van der Waals surface area contributed by atoms with Crippen LogP contribution in [0.1, 0.15) is 28.8 Å². The Morgan fingerprint density at radius 3 is 2.52 bits per heavy atom. The summed E-state index contributed by atoms with van der Waals surface area (Å²) in [5, 5.41) is 0. The molecule has 1 aliphatic carbocycles. The molecule has 0 heterocycles. The Morgan fingerprint density at radius 2 is 1.92 bits per heavy atom. The molecule has 0 aliphatic heterocycles. The Balaban J connectivity index is 1.92. The number of ether oxygens (including phenoxy) is 2. The number of amides is 1. The molecule has 0 atom stereocenters. The number of hydrogen-bond acceptors (Lipinski definition) is 3. The van der Waals surface area contributed by atoms with Crippen LogP contribution in [0.5, 0.6) is 11.5 Å². The largest absolute Gasteiger partial charge is 0.493 e. The first-order valence-corrected chi connectivity index (χ1v) is 8.01. The minimum Gasteiger partial charge on any atom is -0.493 e. The number of halogens is 2. The van der Waals surface area contributed by atoms with Crippen LogP contribution in [0.4, 0.5) is 8.78 Å². The van der Waals surface area contributed by atoms with Crippen LogP contribution in [0.25, 0.3) is 0 Å². The van der Waals surface area contributed by atoms with Gasteiger partial charge >= 0.3 is 0 Å². The molecule has 132 valence electrons. The quantitative estimate of drug-likeness (QED) is 0.798. The Kier molecular flexibility index (Phi) is 4.88. The van der Waals surface area contributed by atoms with Crippen LogP contribution in [-0.2, 0) is 6.54 Å². The van der Waals surface area contributed by atoms with E-state index in [9.17, 15) is 13.6 Å². The van der Waals surface area contributed by atoms with Crippen molar-refractivity contribution in [3.63, 3.8) is 0 Å². The number of benzene rings is 2. The van der Waals surface area contributed by atoms with E-state index in [2.05, 4.69) is 0 Å². The van der Waals surface area contributed by atoms with E-state index in [-0.39, 0.29) is 24.1 Å². The second-order valence-electron chi connectivity index (χ2n) is 5.94. The third kappa shape index (κ3) is 3.57. The van der Waals surface area contributed by atoms with Gasteiger partial charge in [0, 0.05) is 24.2 Å². The van der Waals surface area contributed by atoms with Crippen molar-refractivity contribution < 1.29 is 23.0 Å². The third-order valence-electron chi connectivity index (χ3n) is 4.24. The van der Waals surface area contributed by atoms with Gasteiger partial charge in [0.2, 0.25) is 0 Å². The molecule has 0 aromatic heterocycles. The van der Waals surface area contributed by atoms with E-state index in [1.807, 2.05) is 0 Å². The number of para-hydroxylation sites is 1. The van der Waals surface area contributed by atoms with Gasteiger partial charge in [0.25, 0.3) is 5.91 Å². The highest BCUT2D eigenvalue weighted by Crippen LogP contribution is 2.35. The van der Waals surface area contributed by atoms with E-state index in [4.69, 9.17) is 9.47 Å². The molecule has 0 spiro atoms. The summed E-state index contributed by atoms with van der Waals surface area (Å²) in [6.45, 7) is 0.0793. The average Bonchev–Trinajstić information content (AvgIpc) is 3.44. The summed E-state index contributed by atoms with van der Waals surface area (Å²) in [5.74, 6) is -0.754. The van der Waals surface area contributed by atoms with Gasteiger partial charge in [-0.05, 0) is 31.0 Å². The Labute approximate surface area is 145 Å². The molecule has 2 aromatic rings. The van der Waals surface area contributed by atoms with Crippen molar-refractivity contribution in [3.05, 3.63) is 59.2 Å². The number of nitrogens with zero attached hydrogens (tertiary/aromatic N) is 1. The van der Waals surface area contributed by atoms with Gasteiger partial charge in [0.1, 0.15) is 11.6 Å². The summed E-state index contributed by atoms with van der Waals surface area (Å²) in [5.41, 5.74) is 0.639. The Morgan fingerprint density at radius 1 is 1.16 bits per heavy atom. The van der Waals surface area contributed by atoms with Gasteiger partial charge in [0.15, 0.2) is 11.5 Å². The van der Waals surface area contributed by atoms with Crippen molar-refractivity contribution in [2.24, 2.45) is 0 Å².